The molecule has 3 aromatic rings. The van der Waals surface area contributed by atoms with Crippen LogP contribution >= 0.6 is 0 Å². The number of hydrogen-bond donors (Lipinski definition) is 1. The highest BCUT2D eigenvalue weighted by Crippen LogP contribution is 2.24. The van der Waals surface area contributed by atoms with E-state index < -0.39 is 22.8 Å². The van der Waals surface area contributed by atoms with E-state index in [1.165, 1.54) is 31.9 Å². The summed E-state index contributed by atoms with van der Waals surface area (Å²) in [7, 11) is 1.53. The molecule has 1 amide bonds. The van der Waals surface area contributed by atoms with Gasteiger partial charge in [-0.2, -0.15) is 10.2 Å². The fourth-order valence-corrected chi connectivity index (χ4v) is 3.23. The van der Waals surface area contributed by atoms with E-state index in [2.05, 4.69) is 15.6 Å². The summed E-state index contributed by atoms with van der Waals surface area (Å²) in [6, 6.07) is 12.3. The molecule has 0 bridgehead atoms. The molecule has 2 aromatic carbocycles. The summed E-state index contributed by atoms with van der Waals surface area (Å²) in [5, 5.41) is 19.2. The Balaban J connectivity index is 1.69. The van der Waals surface area contributed by atoms with Crippen LogP contribution < -0.4 is 14.9 Å². The molecule has 0 saturated carbocycles. The maximum atomic E-state index is 12.5. The average Bonchev–Trinajstić information content (AvgIpc) is 3.13. The van der Waals surface area contributed by atoms with E-state index in [9.17, 15) is 19.7 Å². The number of amides is 1. The molecule has 0 spiro atoms. The number of benzene rings is 2. The second-order valence-corrected chi connectivity index (χ2v) is 7.29. The molecule has 1 aromatic heterocycles. The molecule has 11 heteroatoms. The molecule has 1 unspecified atom stereocenters. The van der Waals surface area contributed by atoms with Gasteiger partial charge in [-0.1, -0.05) is 12.1 Å². The van der Waals surface area contributed by atoms with E-state index in [1.807, 2.05) is 0 Å². The number of aryl methyl sites for hydroxylation is 1. The van der Waals surface area contributed by atoms with E-state index in [4.69, 9.17) is 9.47 Å². The molecule has 0 fully saturated rings. The molecule has 1 N–H and O–H groups in total. The summed E-state index contributed by atoms with van der Waals surface area (Å²) < 4.78 is 11.8. The minimum atomic E-state index is -0.840. The Hall–Kier alpha value is -4.54. The Bertz CT molecular complexity index is 1250. The fourth-order valence-electron chi connectivity index (χ4n) is 3.23. The van der Waals surface area contributed by atoms with Crippen molar-refractivity contribution in [2.45, 2.75) is 26.8 Å². The minimum absolute atomic E-state index is 0.129. The van der Waals surface area contributed by atoms with E-state index >= 15 is 0 Å². The molecular weight excluding hydrogens is 442 g/mol. The standard InChI is InChI=1S/C23H23N5O6/c1-14-21(28(31)32)15(2)27(26-14)16(3)22(29)25-24-13-18-7-5-6-8-20(18)34-23(30)17-9-11-19(33-4)12-10-17/h5-13,16H,1-4H3,(H,25,29)/b24-13+. The normalized spacial score (nSPS) is 11.8. The number of carbonyl (C=O) groups excluding carboxylic acids is 2. The third-order valence-corrected chi connectivity index (χ3v) is 5.04. The number of methoxy groups -OCH3 is 1. The van der Waals surface area contributed by atoms with Crippen molar-refractivity contribution in [2.24, 2.45) is 5.10 Å². The summed E-state index contributed by atoms with van der Waals surface area (Å²) >= 11 is 0. The van der Waals surface area contributed by atoms with E-state index in [1.54, 1.807) is 55.5 Å². The average molecular weight is 465 g/mol. The number of nitro groups is 1. The number of hydrogen-bond acceptors (Lipinski definition) is 8. The first-order valence-electron chi connectivity index (χ1n) is 10.2. The predicted molar refractivity (Wildman–Crippen MR) is 123 cm³/mol. The molecule has 0 aliphatic heterocycles. The first kappa shape index (κ1) is 24.1. The molecule has 11 nitrogen and oxygen atoms in total. The van der Waals surface area contributed by atoms with E-state index in [0.29, 0.717) is 16.9 Å². The SMILES string of the molecule is COc1ccc(C(=O)Oc2ccccc2/C=N/NC(=O)C(C)n2nc(C)c([N+](=O)[O-])c2C)cc1. The minimum Gasteiger partial charge on any atom is -0.497 e. The number of rotatable bonds is 8. The van der Waals surface area contributed by atoms with Gasteiger partial charge in [-0.15, -0.1) is 0 Å². The third-order valence-electron chi connectivity index (χ3n) is 5.04. The van der Waals surface area contributed by atoms with Crippen LogP contribution in [0.2, 0.25) is 0 Å². The highest BCUT2D eigenvalue weighted by atomic mass is 16.6. The monoisotopic (exact) mass is 465 g/mol. The highest BCUT2D eigenvalue weighted by Gasteiger charge is 2.26. The molecule has 1 heterocycles. The van der Waals surface area contributed by atoms with Gasteiger partial charge in [-0.3, -0.25) is 19.6 Å². The zero-order chi connectivity index (χ0) is 24.8. The van der Waals surface area contributed by atoms with Crippen LogP contribution in [0.1, 0.15) is 40.3 Å². The van der Waals surface area contributed by atoms with Gasteiger partial charge in [0.05, 0.1) is 23.8 Å². The van der Waals surface area contributed by atoms with Crippen molar-refractivity contribution < 1.29 is 24.0 Å². The molecule has 3 rings (SSSR count). The van der Waals surface area contributed by atoms with Gasteiger partial charge in [0.1, 0.15) is 28.9 Å². The number of ether oxygens (including phenoxy) is 2. The highest BCUT2D eigenvalue weighted by molar-refractivity contribution is 5.93. The van der Waals surface area contributed by atoms with Crippen LogP contribution in [-0.4, -0.2) is 39.9 Å². The Morgan fingerprint density at radius 1 is 1.18 bits per heavy atom. The lowest BCUT2D eigenvalue weighted by Gasteiger charge is -2.12. The lowest BCUT2D eigenvalue weighted by atomic mass is 10.2. The van der Waals surface area contributed by atoms with Crippen molar-refractivity contribution in [3.8, 4) is 11.5 Å². The molecule has 34 heavy (non-hydrogen) atoms. The smallest absolute Gasteiger partial charge is 0.343 e. The maximum Gasteiger partial charge on any atom is 0.343 e. The van der Waals surface area contributed by atoms with Gasteiger partial charge in [0.2, 0.25) is 0 Å². The number of carbonyl (C=O) groups is 2. The number of nitrogens with one attached hydrogen (secondary N) is 1. The summed E-state index contributed by atoms with van der Waals surface area (Å²) in [6.45, 7) is 4.59. The zero-order valence-electron chi connectivity index (χ0n) is 19.0. The molecule has 0 aliphatic rings. The van der Waals surface area contributed by atoms with Crippen LogP contribution in [-0.2, 0) is 4.79 Å². The van der Waals surface area contributed by atoms with Gasteiger partial charge >= 0.3 is 11.7 Å². The first-order chi connectivity index (χ1) is 16.2. The van der Waals surface area contributed by atoms with Crippen molar-refractivity contribution in [1.29, 1.82) is 0 Å². The van der Waals surface area contributed by atoms with Crippen molar-refractivity contribution in [3.05, 3.63) is 81.2 Å². The Labute approximate surface area is 195 Å². The number of esters is 1. The van der Waals surface area contributed by atoms with Gasteiger partial charge in [0.15, 0.2) is 0 Å². The number of nitrogens with zero attached hydrogens (tertiary/aromatic N) is 4. The largest absolute Gasteiger partial charge is 0.497 e. The molecule has 0 radical (unpaired) electrons. The van der Waals surface area contributed by atoms with Gasteiger partial charge in [0.25, 0.3) is 5.91 Å². The van der Waals surface area contributed by atoms with Gasteiger partial charge < -0.3 is 9.47 Å². The molecular formula is C23H23N5O6. The van der Waals surface area contributed by atoms with Crippen LogP contribution in [0.15, 0.2) is 53.6 Å². The van der Waals surface area contributed by atoms with E-state index in [-0.39, 0.29) is 22.8 Å². The van der Waals surface area contributed by atoms with E-state index in [0.717, 1.165) is 0 Å². The summed E-state index contributed by atoms with van der Waals surface area (Å²) in [4.78, 5) is 35.7. The zero-order valence-corrected chi connectivity index (χ0v) is 19.0. The fraction of sp³-hybridized carbons (Fsp3) is 0.217. The van der Waals surface area contributed by atoms with Gasteiger partial charge in [0, 0.05) is 5.56 Å². The quantitative estimate of drug-likeness (QED) is 0.177. The van der Waals surface area contributed by atoms with Gasteiger partial charge in [-0.25, -0.2) is 10.2 Å². The summed E-state index contributed by atoms with van der Waals surface area (Å²) in [5.41, 5.74) is 3.54. The number of para-hydroxylation sites is 1. The Kier molecular flexibility index (Phi) is 7.36. The third kappa shape index (κ3) is 5.26. The van der Waals surface area contributed by atoms with Crippen LogP contribution in [0, 0.1) is 24.0 Å². The van der Waals surface area contributed by atoms with Crippen molar-refractivity contribution >= 4 is 23.8 Å². The van der Waals surface area contributed by atoms with Gasteiger partial charge in [-0.05, 0) is 57.2 Å². The van der Waals surface area contributed by atoms with Crippen LogP contribution in [0.5, 0.6) is 11.5 Å². The van der Waals surface area contributed by atoms with Crippen LogP contribution in [0.25, 0.3) is 0 Å². The number of aromatic nitrogens is 2. The molecule has 0 saturated heterocycles. The van der Waals surface area contributed by atoms with Crippen molar-refractivity contribution in [1.82, 2.24) is 15.2 Å². The number of hydrazone groups is 1. The molecule has 176 valence electrons. The van der Waals surface area contributed by atoms with Crippen LogP contribution in [0.4, 0.5) is 5.69 Å². The maximum absolute atomic E-state index is 12.5. The Morgan fingerprint density at radius 2 is 1.85 bits per heavy atom. The second kappa shape index (κ2) is 10.4. The summed E-state index contributed by atoms with van der Waals surface area (Å²) in [6.07, 6.45) is 1.34. The lowest BCUT2D eigenvalue weighted by molar-refractivity contribution is -0.386. The lowest BCUT2D eigenvalue weighted by Crippen LogP contribution is -2.28. The topological polar surface area (TPSA) is 138 Å². The second-order valence-electron chi connectivity index (χ2n) is 7.29. The molecule has 1 atom stereocenters. The first-order valence-corrected chi connectivity index (χ1v) is 10.2. The predicted octanol–water partition coefficient (Wildman–Crippen LogP) is 3.35. The summed E-state index contributed by atoms with van der Waals surface area (Å²) in [5.74, 6) is -0.218. The van der Waals surface area contributed by atoms with Crippen LogP contribution in [0.3, 0.4) is 0 Å². The van der Waals surface area contributed by atoms with Crippen molar-refractivity contribution in [3.63, 3.8) is 0 Å². The van der Waals surface area contributed by atoms with Crippen molar-refractivity contribution in [2.75, 3.05) is 7.11 Å². The Morgan fingerprint density at radius 3 is 2.47 bits per heavy atom. The molecule has 0 aliphatic carbocycles.